The topological polar surface area (TPSA) is 29.4 Å². The van der Waals surface area contributed by atoms with Gasteiger partial charge in [-0.2, -0.15) is 31.3 Å². The lowest BCUT2D eigenvalue weighted by Crippen LogP contribution is -2.59. The van der Waals surface area contributed by atoms with Crippen molar-refractivity contribution in [1.29, 1.82) is 0 Å². The van der Waals surface area contributed by atoms with Gasteiger partial charge < -0.3 is 0 Å². The maximum atomic E-state index is 13.7. The molecule has 0 unspecified atom stereocenters. The van der Waals surface area contributed by atoms with Gasteiger partial charge >= 0.3 is 24.2 Å². The number of hydrogen-bond donors (Lipinski definition) is 0. The Morgan fingerprint density at radius 2 is 1.50 bits per heavy atom. The average molecular weight is 339 g/mol. The minimum absolute atomic E-state index is 0.200. The lowest BCUT2D eigenvalue weighted by atomic mass is 9.76. The zero-order valence-corrected chi connectivity index (χ0v) is 11.2. The molecular weight excluding hydrogens is 326 g/mol. The Balaban J connectivity index is 3.13. The SMILES string of the molecule is O=C=NC1(CC(F)(F)C(F)(F)C(F)(F)C(F)F)CCCCC1. The van der Waals surface area contributed by atoms with Crippen LogP contribution in [-0.4, -0.2) is 35.8 Å². The quantitative estimate of drug-likeness (QED) is 0.395. The van der Waals surface area contributed by atoms with Gasteiger partial charge in [-0.3, -0.25) is 0 Å². The second kappa shape index (κ2) is 6.14. The molecule has 22 heavy (non-hydrogen) atoms. The van der Waals surface area contributed by atoms with E-state index in [1.807, 2.05) is 0 Å². The summed E-state index contributed by atoms with van der Waals surface area (Å²) in [5, 5.41) is 0. The van der Waals surface area contributed by atoms with Crippen LogP contribution in [0.2, 0.25) is 0 Å². The number of nitrogens with zero attached hydrogens (tertiary/aromatic N) is 1. The molecule has 0 saturated heterocycles. The number of halogens is 8. The van der Waals surface area contributed by atoms with E-state index >= 15 is 0 Å². The Morgan fingerprint density at radius 3 is 1.91 bits per heavy atom. The van der Waals surface area contributed by atoms with Crippen molar-refractivity contribution in [3.8, 4) is 0 Å². The van der Waals surface area contributed by atoms with E-state index in [-0.39, 0.29) is 25.7 Å². The molecule has 128 valence electrons. The van der Waals surface area contributed by atoms with Gasteiger partial charge in [-0.05, 0) is 12.8 Å². The van der Waals surface area contributed by atoms with Crippen LogP contribution in [0.4, 0.5) is 35.1 Å². The molecule has 1 fully saturated rings. The fourth-order valence-electron chi connectivity index (χ4n) is 2.54. The van der Waals surface area contributed by atoms with Crippen LogP contribution in [0.15, 0.2) is 4.99 Å². The number of rotatable bonds is 6. The number of alkyl halides is 8. The zero-order valence-electron chi connectivity index (χ0n) is 11.2. The highest BCUT2D eigenvalue weighted by Gasteiger charge is 2.76. The molecule has 1 rings (SSSR count). The molecule has 0 spiro atoms. The number of aliphatic imine (C=N–C) groups is 1. The molecule has 1 aliphatic rings. The van der Waals surface area contributed by atoms with Crippen LogP contribution >= 0.6 is 0 Å². The zero-order chi connectivity index (χ0) is 17.2. The highest BCUT2D eigenvalue weighted by molar-refractivity contribution is 5.35. The molecule has 2 nitrogen and oxygen atoms in total. The summed E-state index contributed by atoms with van der Waals surface area (Å²) in [5.41, 5.74) is -1.98. The minimum atomic E-state index is -6.27. The first-order chi connectivity index (χ1) is 9.92. The second-order valence-electron chi connectivity index (χ2n) is 5.37. The van der Waals surface area contributed by atoms with Crippen LogP contribution < -0.4 is 0 Å². The third kappa shape index (κ3) is 3.26. The van der Waals surface area contributed by atoms with Crippen LogP contribution in [0, 0.1) is 0 Å². The lowest BCUT2D eigenvalue weighted by Gasteiger charge is -2.39. The van der Waals surface area contributed by atoms with Crippen LogP contribution in [0.1, 0.15) is 38.5 Å². The molecule has 0 amide bonds. The van der Waals surface area contributed by atoms with Gasteiger partial charge in [0.15, 0.2) is 0 Å². The van der Waals surface area contributed by atoms with E-state index in [0.717, 1.165) is 6.08 Å². The minimum Gasteiger partial charge on any atom is -0.211 e. The van der Waals surface area contributed by atoms with Crippen molar-refractivity contribution >= 4 is 6.08 Å². The third-order valence-electron chi connectivity index (χ3n) is 3.77. The van der Waals surface area contributed by atoms with Crippen molar-refractivity contribution in [3.63, 3.8) is 0 Å². The smallest absolute Gasteiger partial charge is 0.211 e. The first kappa shape index (κ1) is 18.9. The monoisotopic (exact) mass is 339 g/mol. The maximum absolute atomic E-state index is 13.7. The predicted molar refractivity (Wildman–Crippen MR) is 59.4 cm³/mol. The van der Waals surface area contributed by atoms with E-state index in [9.17, 15) is 39.9 Å². The molecule has 0 bridgehead atoms. The summed E-state index contributed by atoms with van der Waals surface area (Å²) in [6, 6.07) is 0. The Kier molecular flexibility index (Phi) is 5.26. The molecule has 0 radical (unpaired) electrons. The Morgan fingerprint density at radius 1 is 1.00 bits per heavy atom. The fraction of sp³-hybridized carbons (Fsp3) is 0.917. The van der Waals surface area contributed by atoms with Gasteiger partial charge in [0.1, 0.15) is 0 Å². The van der Waals surface area contributed by atoms with Gasteiger partial charge in [0.05, 0.1) is 5.54 Å². The van der Waals surface area contributed by atoms with E-state index in [4.69, 9.17) is 0 Å². The summed E-state index contributed by atoms with van der Waals surface area (Å²) in [6.45, 7) is 0. The second-order valence-corrected chi connectivity index (χ2v) is 5.37. The van der Waals surface area contributed by atoms with Crippen LogP contribution in [0.3, 0.4) is 0 Å². The van der Waals surface area contributed by atoms with Crippen molar-refractivity contribution in [3.05, 3.63) is 0 Å². The largest absolute Gasteiger partial charge is 0.377 e. The highest BCUT2D eigenvalue weighted by atomic mass is 19.4. The van der Waals surface area contributed by atoms with Crippen molar-refractivity contribution in [2.75, 3.05) is 0 Å². The molecule has 0 N–H and O–H groups in total. The fourth-order valence-corrected chi connectivity index (χ4v) is 2.54. The van der Waals surface area contributed by atoms with E-state index in [0.29, 0.717) is 6.42 Å². The highest BCUT2D eigenvalue weighted by Crippen LogP contribution is 2.53. The van der Waals surface area contributed by atoms with Gasteiger partial charge in [-0.15, -0.1) is 0 Å². The number of hydrogen-bond acceptors (Lipinski definition) is 2. The van der Waals surface area contributed by atoms with E-state index in [1.165, 1.54) is 0 Å². The van der Waals surface area contributed by atoms with Gasteiger partial charge in [0, 0.05) is 6.42 Å². The van der Waals surface area contributed by atoms with Crippen LogP contribution in [0.25, 0.3) is 0 Å². The molecule has 0 heterocycles. The summed E-state index contributed by atoms with van der Waals surface area (Å²) in [5.74, 6) is -17.9. The van der Waals surface area contributed by atoms with Crippen molar-refractivity contribution < 1.29 is 39.9 Å². The van der Waals surface area contributed by atoms with Gasteiger partial charge in [-0.25, -0.2) is 13.6 Å². The lowest BCUT2D eigenvalue weighted by molar-refractivity contribution is -0.342. The molecule has 10 heteroatoms. The molecule has 0 aromatic rings. The third-order valence-corrected chi connectivity index (χ3v) is 3.77. The Hall–Kier alpha value is -1.18. The van der Waals surface area contributed by atoms with E-state index in [1.54, 1.807) is 0 Å². The Labute approximate surface area is 120 Å². The summed E-state index contributed by atoms with van der Waals surface area (Å²) in [6.07, 6.45) is -5.16. The standard InChI is InChI=1S/C12H13F8NO/c13-8(14)11(17,18)12(19,20)10(15,16)6-9(21-7-22)4-2-1-3-5-9/h8H,1-6H2. The van der Waals surface area contributed by atoms with Gasteiger partial charge in [-0.1, -0.05) is 19.3 Å². The summed E-state index contributed by atoms with van der Waals surface area (Å²) < 4.78 is 103. The molecule has 1 saturated carbocycles. The summed E-state index contributed by atoms with van der Waals surface area (Å²) in [7, 11) is 0. The molecule has 0 aromatic carbocycles. The first-order valence-corrected chi connectivity index (χ1v) is 6.42. The maximum Gasteiger partial charge on any atom is 0.377 e. The average Bonchev–Trinajstić information content (AvgIpc) is 2.38. The number of carbonyl (C=O) groups excluding carboxylic acids is 1. The molecule has 0 aromatic heterocycles. The van der Waals surface area contributed by atoms with Gasteiger partial charge in [0.2, 0.25) is 6.08 Å². The Bertz CT molecular complexity index is 438. The first-order valence-electron chi connectivity index (χ1n) is 6.42. The van der Waals surface area contributed by atoms with Crippen molar-refractivity contribution in [1.82, 2.24) is 0 Å². The predicted octanol–water partition coefficient (Wildman–Crippen LogP) is 4.59. The van der Waals surface area contributed by atoms with Gasteiger partial charge in [0.25, 0.3) is 0 Å². The van der Waals surface area contributed by atoms with E-state index in [2.05, 4.69) is 4.99 Å². The summed E-state index contributed by atoms with van der Waals surface area (Å²) in [4.78, 5) is 13.4. The normalized spacial score (nSPS) is 19.9. The van der Waals surface area contributed by atoms with Crippen molar-refractivity contribution in [2.24, 2.45) is 4.99 Å². The molecular formula is C12H13F8NO. The summed E-state index contributed by atoms with van der Waals surface area (Å²) >= 11 is 0. The molecule has 0 atom stereocenters. The van der Waals surface area contributed by atoms with Crippen molar-refractivity contribution in [2.45, 2.75) is 68.3 Å². The number of isocyanates is 1. The van der Waals surface area contributed by atoms with Crippen LogP contribution in [-0.2, 0) is 4.79 Å². The van der Waals surface area contributed by atoms with E-state index < -0.39 is 36.2 Å². The van der Waals surface area contributed by atoms with Crippen LogP contribution in [0.5, 0.6) is 0 Å². The molecule has 0 aliphatic heterocycles. The molecule has 1 aliphatic carbocycles.